The molecule has 0 fully saturated rings. The van der Waals surface area contributed by atoms with Gasteiger partial charge in [-0.05, 0) is 22.9 Å². The molecule has 1 amide bonds. The van der Waals surface area contributed by atoms with Crippen LogP contribution in [0.5, 0.6) is 0 Å². The molecule has 2 N–H and O–H groups in total. The molecule has 0 aliphatic rings. The van der Waals surface area contributed by atoms with Gasteiger partial charge in [-0.1, -0.05) is 44.2 Å². The van der Waals surface area contributed by atoms with Gasteiger partial charge in [0, 0.05) is 6.99 Å². The van der Waals surface area contributed by atoms with Crippen LogP contribution in [-0.2, 0) is 0 Å². The Kier molecular flexibility index (Phi) is 3.86. The number of hydrogen-bond donors (Lipinski definition) is 1. The van der Waals surface area contributed by atoms with E-state index >= 15 is 0 Å². The smallest absolute Gasteiger partial charge is 0.248 e. The predicted molar refractivity (Wildman–Crippen MR) is 65.9 cm³/mol. The van der Waals surface area contributed by atoms with E-state index in [-0.39, 0.29) is 7.33 Å². The molecule has 0 aliphatic heterocycles. The second-order valence-electron chi connectivity index (χ2n) is 2.93. The summed E-state index contributed by atoms with van der Waals surface area (Å²) in [6.45, 7) is 4.00. The fourth-order valence-electron chi connectivity index (χ4n) is 1.34. The first-order valence-corrected chi connectivity index (χ1v) is 5.06. The van der Waals surface area contributed by atoms with Gasteiger partial charge < -0.3 is 5.73 Å². The minimum atomic E-state index is -0.384. The summed E-state index contributed by atoms with van der Waals surface area (Å²) in [5.41, 5.74) is 5.72. The molecular formula is C13H17NO. The molecule has 0 aliphatic carbocycles. The topological polar surface area (TPSA) is 43.1 Å². The Balaban J connectivity index is 0.000000711. The number of rotatable bonds is 1. The summed E-state index contributed by atoms with van der Waals surface area (Å²) >= 11 is 0. The van der Waals surface area contributed by atoms with Gasteiger partial charge in [0.15, 0.2) is 0 Å². The lowest BCUT2D eigenvalue weighted by atomic mass is 10.1. The van der Waals surface area contributed by atoms with E-state index in [1.807, 2.05) is 44.2 Å². The van der Waals surface area contributed by atoms with Crippen LogP contribution in [0.25, 0.3) is 10.8 Å². The van der Waals surface area contributed by atoms with Gasteiger partial charge in [0.05, 0.1) is 0 Å². The third-order valence-electron chi connectivity index (χ3n) is 2.03. The van der Waals surface area contributed by atoms with Crippen molar-refractivity contribution in [3.05, 3.63) is 48.0 Å². The summed E-state index contributed by atoms with van der Waals surface area (Å²) in [5.74, 6) is -0.384. The normalized spacial score (nSPS) is 9.20. The molecule has 0 spiro atoms. The van der Waals surface area contributed by atoms with Crippen molar-refractivity contribution < 1.29 is 6.22 Å². The van der Waals surface area contributed by atoms with Gasteiger partial charge in [0.2, 0.25) is 5.91 Å². The lowest BCUT2D eigenvalue weighted by Gasteiger charge is -1.98. The number of carbonyl (C=O) groups is 1. The molecule has 0 heterocycles. The fraction of sp³-hybridized carbons (Fsp3) is 0.154. The summed E-state index contributed by atoms with van der Waals surface area (Å²) in [6, 6.07) is 13.3. The SMILES string of the molecule is CC.NC(=O)c1ccc2ccccc2c1.[HH]. The summed E-state index contributed by atoms with van der Waals surface area (Å²) in [4.78, 5) is 10.9. The average Bonchev–Trinajstić information content (AvgIpc) is 2.31. The maximum atomic E-state index is 10.9. The lowest BCUT2D eigenvalue weighted by molar-refractivity contribution is 0.100. The number of amides is 1. The van der Waals surface area contributed by atoms with Crippen LogP contribution in [0, 0.1) is 0 Å². The standard InChI is InChI=1S/C11H9NO.C2H6.H2/c12-11(13)10-6-5-8-3-1-2-4-9(8)7-10;1-2;/h1-7H,(H2,12,13);1-2H3;1H. The van der Waals surface area contributed by atoms with E-state index in [0.29, 0.717) is 5.56 Å². The molecule has 2 aromatic carbocycles. The van der Waals surface area contributed by atoms with Gasteiger partial charge in [-0.2, -0.15) is 0 Å². The zero-order chi connectivity index (χ0) is 11.3. The molecule has 2 nitrogen and oxygen atoms in total. The first kappa shape index (κ1) is 11.2. The molecule has 2 rings (SSSR count). The van der Waals surface area contributed by atoms with E-state index in [1.165, 1.54) is 0 Å². The first-order valence-electron chi connectivity index (χ1n) is 5.06. The maximum absolute atomic E-state index is 10.9. The van der Waals surface area contributed by atoms with Gasteiger partial charge in [0.1, 0.15) is 0 Å². The minimum absolute atomic E-state index is 0. The highest BCUT2D eigenvalue weighted by Crippen LogP contribution is 2.14. The zero-order valence-electron chi connectivity index (χ0n) is 9.03. The first-order chi connectivity index (χ1) is 7.27. The zero-order valence-corrected chi connectivity index (χ0v) is 9.03. The number of nitrogens with two attached hydrogens (primary N) is 1. The van der Waals surface area contributed by atoms with Gasteiger partial charge in [-0.15, -0.1) is 0 Å². The minimum Gasteiger partial charge on any atom is -0.366 e. The van der Waals surface area contributed by atoms with Crippen molar-refractivity contribution in [3.8, 4) is 0 Å². The van der Waals surface area contributed by atoms with E-state index in [2.05, 4.69) is 0 Å². The molecule has 0 saturated heterocycles. The Morgan fingerprint density at radius 2 is 1.67 bits per heavy atom. The predicted octanol–water partition coefficient (Wildman–Crippen LogP) is 3.21. The highest BCUT2D eigenvalue weighted by molar-refractivity contribution is 5.97. The van der Waals surface area contributed by atoms with Crippen molar-refractivity contribution in [1.82, 2.24) is 0 Å². The fourth-order valence-corrected chi connectivity index (χ4v) is 1.34. The van der Waals surface area contributed by atoms with Crippen molar-refractivity contribution in [1.29, 1.82) is 0 Å². The number of fused-ring (bicyclic) bond motifs is 1. The van der Waals surface area contributed by atoms with Gasteiger partial charge >= 0.3 is 0 Å². The maximum Gasteiger partial charge on any atom is 0.248 e. The molecule has 0 atom stereocenters. The van der Waals surface area contributed by atoms with Crippen LogP contribution in [0.4, 0.5) is 0 Å². The number of hydrogen-bond acceptors (Lipinski definition) is 1. The van der Waals surface area contributed by atoms with Gasteiger partial charge in [-0.3, -0.25) is 4.79 Å². The molecule has 2 aromatic rings. The van der Waals surface area contributed by atoms with Crippen LogP contribution in [0.2, 0.25) is 0 Å². The summed E-state index contributed by atoms with van der Waals surface area (Å²) in [7, 11) is 0. The van der Waals surface area contributed by atoms with E-state index in [9.17, 15) is 4.79 Å². The number of primary amides is 1. The Morgan fingerprint density at radius 3 is 2.27 bits per heavy atom. The van der Waals surface area contributed by atoms with Crippen LogP contribution >= 0.6 is 0 Å². The van der Waals surface area contributed by atoms with Crippen LogP contribution in [0.3, 0.4) is 0 Å². The number of carbonyl (C=O) groups excluding carboxylic acids is 1. The molecule has 2 heteroatoms. The van der Waals surface area contributed by atoms with Gasteiger partial charge in [-0.25, -0.2) is 0 Å². The van der Waals surface area contributed by atoms with Crippen LogP contribution in [0.15, 0.2) is 42.5 Å². The van der Waals surface area contributed by atoms with Crippen molar-refractivity contribution in [2.45, 2.75) is 13.8 Å². The second kappa shape index (κ2) is 5.15. The Hall–Kier alpha value is -1.83. The molecule has 0 bridgehead atoms. The average molecular weight is 203 g/mol. The van der Waals surface area contributed by atoms with E-state index in [1.54, 1.807) is 12.1 Å². The Bertz CT molecular complexity index is 468. The molecule has 0 radical (unpaired) electrons. The summed E-state index contributed by atoms with van der Waals surface area (Å²) in [5, 5.41) is 2.16. The van der Waals surface area contributed by atoms with Gasteiger partial charge in [0.25, 0.3) is 0 Å². The van der Waals surface area contributed by atoms with Crippen molar-refractivity contribution in [2.24, 2.45) is 5.73 Å². The van der Waals surface area contributed by atoms with Crippen molar-refractivity contribution in [3.63, 3.8) is 0 Å². The van der Waals surface area contributed by atoms with E-state index in [4.69, 9.17) is 5.73 Å². The summed E-state index contributed by atoms with van der Waals surface area (Å²) in [6.07, 6.45) is 0. The molecule has 0 saturated carbocycles. The van der Waals surface area contributed by atoms with Crippen LogP contribution < -0.4 is 5.73 Å². The van der Waals surface area contributed by atoms with Crippen LogP contribution in [-0.4, -0.2) is 5.91 Å². The largest absolute Gasteiger partial charge is 0.366 e. The van der Waals surface area contributed by atoms with Crippen LogP contribution in [0.1, 0.15) is 25.6 Å². The molecule has 0 unspecified atom stereocenters. The van der Waals surface area contributed by atoms with E-state index in [0.717, 1.165) is 10.8 Å². The monoisotopic (exact) mass is 203 g/mol. The van der Waals surface area contributed by atoms with Crippen molar-refractivity contribution in [2.75, 3.05) is 0 Å². The quantitative estimate of drug-likeness (QED) is 0.759. The molecule has 15 heavy (non-hydrogen) atoms. The third kappa shape index (κ3) is 2.56. The number of benzene rings is 2. The lowest BCUT2D eigenvalue weighted by Crippen LogP contribution is -2.10. The second-order valence-corrected chi connectivity index (χ2v) is 2.93. The highest BCUT2D eigenvalue weighted by atomic mass is 16.1. The third-order valence-corrected chi connectivity index (χ3v) is 2.03. The van der Waals surface area contributed by atoms with E-state index < -0.39 is 0 Å². The molecule has 0 aromatic heterocycles. The molecule has 80 valence electrons. The molecular weight excluding hydrogens is 186 g/mol. The Morgan fingerprint density at radius 1 is 1.07 bits per heavy atom. The Labute approximate surface area is 91.2 Å². The van der Waals surface area contributed by atoms with Crippen molar-refractivity contribution >= 4 is 16.7 Å². The summed E-state index contributed by atoms with van der Waals surface area (Å²) < 4.78 is 0. The highest BCUT2D eigenvalue weighted by Gasteiger charge is 1.99.